The molecule has 1 unspecified atom stereocenters. The molecule has 0 spiro atoms. The van der Waals surface area contributed by atoms with Crippen molar-refractivity contribution in [3.8, 4) is 0 Å². The number of allylic oxidation sites excluding steroid dienone is 1. The highest BCUT2D eigenvalue weighted by molar-refractivity contribution is 6.01. The SMILES string of the molecule is O=C1CCC(NC(=C2CCC2)c2cc(F)cc3[nH]cnc23)C(=O)N1. The van der Waals surface area contributed by atoms with Crippen molar-refractivity contribution < 1.29 is 14.0 Å². The topological polar surface area (TPSA) is 86.9 Å². The maximum atomic E-state index is 14.0. The number of H-pyrrole nitrogens is 1. The summed E-state index contributed by atoms with van der Waals surface area (Å²) in [6, 6.07) is 2.35. The zero-order valence-corrected chi connectivity index (χ0v) is 13.0. The lowest BCUT2D eigenvalue weighted by Gasteiger charge is -2.29. The number of carbonyl (C=O) groups excluding carboxylic acids is 2. The van der Waals surface area contributed by atoms with Crippen LogP contribution in [0.1, 0.15) is 37.7 Å². The summed E-state index contributed by atoms with van der Waals surface area (Å²) in [5.74, 6) is -0.945. The van der Waals surface area contributed by atoms with E-state index in [4.69, 9.17) is 0 Å². The summed E-state index contributed by atoms with van der Waals surface area (Å²) < 4.78 is 14.0. The molecule has 1 aromatic heterocycles. The van der Waals surface area contributed by atoms with E-state index in [9.17, 15) is 14.0 Å². The molecule has 24 heavy (non-hydrogen) atoms. The number of halogens is 1. The summed E-state index contributed by atoms with van der Waals surface area (Å²) in [6.07, 6.45) is 5.17. The minimum absolute atomic E-state index is 0.253. The van der Waals surface area contributed by atoms with Crippen LogP contribution in [0.3, 0.4) is 0 Å². The van der Waals surface area contributed by atoms with E-state index in [1.54, 1.807) is 0 Å². The summed E-state index contributed by atoms with van der Waals surface area (Å²) in [5.41, 5.74) is 3.88. The lowest BCUT2D eigenvalue weighted by Crippen LogP contribution is -2.50. The van der Waals surface area contributed by atoms with E-state index in [0.29, 0.717) is 29.4 Å². The van der Waals surface area contributed by atoms with Gasteiger partial charge in [-0.05, 0) is 43.4 Å². The molecule has 0 radical (unpaired) electrons. The first-order valence-corrected chi connectivity index (χ1v) is 8.07. The van der Waals surface area contributed by atoms with Crippen LogP contribution in [-0.2, 0) is 9.59 Å². The molecule has 7 heteroatoms. The molecular formula is C17H17FN4O2. The summed E-state index contributed by atoms with van der Waals surface area (Å²) in [7, 11) is 0. The molecule has 1 saturated carbocycles. The Labute approximate surface area is 137 Å². The number of nitrogens with zero attached hydrogens (tertiary/aromatic N) is 1. The third-order valence-corrected chi connectivity index (χ3v) is 4.63. The first-order chi connectivity index (χ1) is 11.6. The molecule has 2 fully saturated rings. The van der Waals surface area contributed by atoms with Crippen LogP contribution < -0.4 is 10.6 Å². The van der Waals surface area contributed by atoms with Crippen molar-refractivity contribution in [2.75, 3.05) is 0 Å². The molecule has 1 atom stereocenters. The van der Waals surface area contributed by atoms with Crippen molar-refractivity contribution in [1.82, 2.24) is 20.6 Å². The Kier molecular flexibility index (Phi) is 3.55. The lowest BCUT2D eigenvalue weighted by molar-refractivity contribution is -0.134. The van der Waals surface area contributed by atoms with Gasteiger partial charge in [0.1, 0.15) is 11.9 Å². The minimum Gasteiger partial charge on any atom is -0.373 e. The molecule has 2 amide bonds. The van der Waals surface area contributed by atoms with Gasteiger partial charge in [-0.25, -0.2) is 9.37 Å². The number of amides is 2. The Hall–Kier alpha value is -2.70. The highest BCUT2D eigenvalue weighted by atomic mass is 19.1. The van der Waals surface area contributed by atoms with E-state index in [0.717, 1.165) is 30.5 Å². The van der Waals surface area contributed by atoms with E-state index in [1.165, 1.54) is 18.5 Å². The molecule has 3 N–H and O–H groups in total. The number of hydrogen-bond donors (Lipinski definition) is 3. The maximum absolute atomic E-state index is 14.0. The number of rotatable bonds is 3. The van der Waals surface area contributed by atoms with Gasteiger partial charge in [-0.3, -0.25) is 14.9 Å². The highest BCUT2D eigenvalue weighted by Crippen LogP contribution is 2.35. The second kappa shape index (κ2) is 5.74. The fourth-order valence-corrected chi connectivity index (χ4v) is 3.18. The second-order valence-electron chi connectivity index (χ2n) is 6.23. The Balaban J connectivity index is 1.74. The van der Waals surface area contributed by atoms with Gasteiger partial charge in [0.15, 0.2) is 0 Å². The van der Waals surface area contributed by atoms with Crippen LogP contribution in [0.25, 0.3) is 16.7 Å². The van der Waals surface area contributed by atoms with Crippen molar-refractivity contribution in [3.05, 3.63) is 35.4 Å². The van der Waals surface area contributed by atoms with Gasteiger partial charge in [-0.2, -0.15) is 0 Å². The standard InChI is InChI=1S/C17H17FN4O2/c18-10-6-11(16-13(7-10)19-8-20-16)15(9-2-1-3-9)21-12-4-5-14(23)22-17(12)24/h6-8,12,21H,1-5H2,(H,19,20)(H,22,23,24). The minimum atomic E-state index is -0.497. The molecule has 1 aliphatic carbocycles. The van der Waals surface area contributed by atoms with Crippen LogP contribution in [0.4, 0.5) is 4.39 Å². The Bertz CT molecular complexity index is 865. The lowest BCUT2D eigenvalue weighted by atomic mass is 9.87. The van der Waals surface area contributed by atoms with Gasteiger partial charge in [0.2, 0.25) is 11.8 Å². The molecule has 2 aromatic rings. The monoisotopic (exact) mass is 328 g/mol. The van der Waals surface area contributed by atoms with Crippen LogP contribution in [0.15, 0.2) is 24.0 Å². The summed E-state index contributed by atoms with van der Waals surface area (Å²) in [4.78, 5) is 30.6. The predicted molar refractivity (Wildman–Crippen MR) is 86.1 cm³/mol. The molecule has 2 heterocycles. The molecule has 6 nitrogen and oxygen atoms in total. The van der Waals surface area contributed by atoms with Gasteiger partial charge in [-0.15, -0.1) is 0 Å². The summed E-state index contributed by atoms with van der Waals surface area (Å²) in [6.45, 7) is 0. The Morgan fingerprint density at radius 2 is 2.08 bits per heavy atom. The normalized spacial score (nSPS) is 20.7. The van der Waals surface area contributed by atoms with Gasteiger partial charge in [-0.1, -0.05) is 0 Å². The number of imidazole rings is 1. The van der Waals surface area contributed by atoms with Gasteiger partial charge in [0.25, 0.3) is 0 Å². The number of aromatic amines is 1. The third-order valence-electron chi connectivity index (χ3n) is 4.63. The summed E-state index contributed by atoms with van der Waals surface area (Å²) in [5, 5.41) is 5.59. The van der Waals surface area contributed by atoms with Crippen LogP contribution >= 0.6 is 0 Å². The molecule has 1 aliphatic heterocycles. The van der Waals surface area contributed by atoms with Crippen molar-refractivity contribution in [2.45, 2.75) is 38.1 Å². The molecule has 124 valence electrons. The van der Waals surface area contributed by atoms with Crippen molar-refractivity contribution in [1.29, 1.82) is 0 Å². The number of fused-ring (bicyclic) bond motifs is 1. The quantitative estimate of drug-likeness (QED) is 0.752. The van der Waals surface area contributed by atoms with Gasteiger partial charge < -0.3 is 10.3 Å². The average Bonchev–Trinajstić information content (AvgIpc) is 2.94. The van der Waals surface area contributed by atoms with Crippen LogP contribution in [-0.4, -0.2) is 27.8 Å². The van der Waals surface area contributed by atoms with Crippen LogP contribution in [0, 0.1) is 5.82 Å². The summed E-state index contributed by atoms with van der Waals surface area (Å²) >= 11 is 0. The van der Waals surface area contributed by atoms with E-state index in [1.807, 2.05) is 0 Å². The fraction of sp³-hybridized carbons (Fsp3) is 0.353. The van der Waals surface area contributed by atoms with Gasteiger partial charge in [0.05, 0.1) is 17.4 Å². The first-order valence-electron chi connectivity index (χ1n) is 8.07. The molecule has 1 aromatic carbocycles. The van der Waals surface area contributed by atoms with E-state index in [-0.39, 0.29) is 17.6 Å². The molecular weight excluding hydrogens is 311 g/mol. The van der Waals surface area contributed by atoms with Crippen molar-refractivity contribution in [2.24, 2.45) is 0 Å². The Morgan fingerprint density at radius 1 is 1.25 bits per heavy atom. The molecule has 1 saturated heterocycles. The zero-order chi connectivity index (χ0) is 16.7. The second-order valence-corrected chi connectivity index (χ2v) is 6.23. The van der Waals surface area contributed by atoms with Gasteiger partial charge >= 0.3 is 0 Å². The number of aromatic nitrogens is 2. The number of hydrogen-bond acceptors (Lipinski definition) is 4. The number of imide groups is 1. The van der Waals surface area contributed by atoms with Crippen LogP contribution in [0.5, 0.6) is 0 Å². The predicted octanol–water partition coefficient (Wildman–Crippen LogP) is 1.99. The number of piperidine rings is 1. The van der Waals surface area contributed by atoms with Gasteiger partial charge in [0, 0.05) is 17.7 Å². The number of nitrogens with one attached hydrogen (secondary N) is 3. The van der Waals surface area contributed by atoms with E-state index in [2.05, 4.69) is 20.6 Å². The number of carbonyl (C=O) groups is 2. The Morgan fingerprint density at radius 3 is 2.79 bits per heavy atom. The van der Waals surface area contributed by atoms with Crippen molar-refractivity contribution >= 4 is 28.5 Å². The average molecular weight is 328 g/mol. The molecule has 2 aliphatic rings. The maximum Gasteiger partial charge on any atom is 0.249 e. The largest absolute Gasteiger partial charge is 0.373 e. The highest BCUT2D eigenvalue weighted by Gasteiger charge is 2.29. The van der Waals surface area contributed by atoms with Crippen molar-refractivity contribution in [3.63, 3.8) is 0 Å². The zero-order valence-electron chi connectivity index (χ0n) is 13.0. The first kappa shape index (κ1) is 14.9. The molecule has 4 rings (SSSR count). The van der Waals surface area contributed by atoms with E-state index < -0.39 is 6.04 Å². The van der Waals surface area contributed by atoms with Crippen LogP contribution in [0.2, 0.25) is 0 Å². The smallest absolute Gasteiger partial charge is 0.249 e. The number of benzene rings is 1. The molecule has 0 bridgehead atoms. The van der Waals surface area contributed by atoms with E-state index >= 15 is 0 Å². The third kappa shape index (κ3) is 2.55. The fourth-order valence-electron chi connectivity index (χ4n) is 3.18.